The van der Waals surface area contributed by atoms with E-state index in [1.54, 1.807) is 21.8 Å². The summed E-state index contributed by atoms with van der Waals surface area (Å²) >= 11 is 0. The Balaban J connectivity index is 1.48. The predicted octanol–water partition coefficient (Wildman–Crippen LogP) is 1.65. The van der Waals surface area contributed by atoms with Crippen molar-refractivity contribution in [1.29, 1.82) is 0 Å². The lowest BCUT2D eigenvalue weighted by Gasteiger charge is -2.17. The van der Waals surface area contributed by atoms with Gasteiger partial charge in [-0.3, -0.25) is 19.2 Å². The van der Waals surface area contributed by atoms with Gasteiger partial charge < -0.3 is 10.3 Å². The summed E-state index contributed by atoms with van der Waals surface area (Å²) in [6.07, 6.45) is 3.00. The number of aromatic amines is 1. The largest absolute Gasteiger partial charge is 0.358 e. The van der Waals surface area contributed by atoms with Crippen LogP contribution in [0, 0.1) is 6.92 Å². The van der Waals surface area contributed by atoms with Crippen LogP contribution in [-0.2, 0) is 18.3 Å². The van der Waals surface area contributed by atoms with Gasteiger partial charge in [-0.05, 0) is 31.9 Å². The van der Waals surface area contributed by atoms with Crippen molar-refractivity contribution in [2.24, 2.45) is 7.05 Å². The summed E-state index contributed by atoms with van der Waals surface area (Å²) in [6, 6.07) is 6.68. The molecule has 1 unspecified atom stereocenters. The molecule has 1 amide bonds. The van der Waals surface area contributed by atoms with Crippen LogP contribution in [0.3, 0.4) is 0 Å². The number of nitrogens with one attached hydrogen (secondary N) is 2. The van der Waals surface area contributed by atoms with Crippen LogP contribution < -0.4 is 15.8 Å². The van der Waals surface area contributed by atoms with Crippen LogP contribution in [0.5, 0.6) is 0 Å². The van der Waals surface area contributed by atoms with Gasteiger partial charge in [0.25, 0.3) is 11.5 Å². The highest BCUT2D eigenvalue weighted by atomic mass is 16.2. The maximum absolute atomic E-state index is 12.8. The Morgan fingerprint density at radius 2 is 2.10 bits per heavy atom. The van der Waals surface area contributed by atoms with Crippen molar-refractivity contribution in [3.63, 3.8) is 0 Å². The average molecular weight is 393 g/mol. The molecule has 150 valence electrons. The molecule has 1 aliphatic heterocycles. The number of hydrogen-bond acceptors (Lipinski definition) is 6. The van der Waals surface area contributed by atoms with Gasteiger partial charge in [0.15, 0.2) is 0 Å². The predicted molar refractivity (Wildman–Crippen MR) is 110 cm³/mol. The highest BCUT2D eigenvalue weighted by Gasteiger charge is 2.34. The van der Waals surface area contributed by atoms with E-state index in [0.717, 1.165) is 17.2 Å². The first-order valence-electron chi connectivity index (χ1n) is 9.60. The van der Waals surface area contributed by atoms with Gasteiger partial charge in [0.05, 0.1) is 5.69 Å². The van der Waals surface area contributed by atoms with E-state index in [1.165, 1.54) is 6.07 Å². The second kappa shape index (κ2) is 7.50. The van der Waals surface area contributed by atoms with Gasteiger partial charge in [0, 0.05) is 43.2 Å². The van der Waals surface area contributed by atoms with Crippen molar-refractivity contribution < 1.29 is 4.79 Å². The minimum Gasteiger partial charge on any atom is -0.358 e. The highest BCUT2D eigenvalue weighted by molar-refractivity contribution is 6.00. The van der Waals surface area contributed by atoms with Crippen LogP contribution in [-0.4, -0.2) is 43.2 Å². The van der Waals surface area contributed by atoms with E-state index in [-0.39, 0.29) is 17.5 Å². The monoisotopic (exact) mass is 393 g/mol. The average Bonchev–Trinajstić information content (AvgIpc) is 3.23. The van der Waals surface area contributed by atoms with Crippen molar-refractivity contribution in [2.45, 2.75) is 32.7 Å². The molecule has 1 fully saturated rings. The summed E-state index contributed by atoms with van der Waals surface area (Å²) in [5, 5.41) is 7.52. The molecule has 9 nitrogen and oxygen atoms in total. The van der Waals surface area contributed by atoms with Crippen LogP contribution in [0.4, 0.5) is 11.6 Å². The van der Waals surface area contributed by atoms with Crippen molar-refractivity contribution in [2.75, 3.05) is 16.8 Å². The molecule has 1 saturated heterocycles. The summed E-state index contributed by atoms with van der Waals surface area (Å²) in [6.45, 7) is 4.48. The van der Waals surface area contributed by atoms with E-state index in [9.17, 15) is 9.59 Å². The number of nitrogens with zero attached hydrogens (tertiary/aromatic N) is 5. The SMILES string of the molecule is CCc1cc(=O)[nH]c(-c2ccc(NC3CCN(c4cc(C)nn4C)C3=O)nc2)n1. The quantitative estimate of drug-likeness (QED) is 0.682. The zero-order valence-electron chi connectivity index (χ0n) is 16.6. The van der Waals surface area contributed by atoms with Crippen LogP contribution in [0.2, 0.25) is 0 Å². The van der Waals surface area contributed by atoms with Crippen molar-refractivity contribution in [3.8, 4) is 11.4 Å². The van der Waals surface area contributed by atoms with Crippen LogP contribution >= 0.6 is 0 Å². The van der Waals surface area contributed by atoms with E-state index < -0.39 is 0 Å². The maximum Gasteiger partial charge on any atom is 0.251 e. The Bertz CT molecular complexity index is 1100. The first-order valence-corrected chi connectivity index (χ1v) is 9.60. The molecule has 1 aliphatic rings. The minimum atomic E-state index is -0.343. The van der Waals surface area contributed by atoms with Gasteiger partial charge in [-0.25, -0.2) is 9.97 Å². The Morgan fingerprint density at radius 3 is 2.76 bits per heavy atom. The topological polar surface area (TPSA) is 109 Å². The summed E-state index contributed by atoms with van der Waals surface area (Å²) in [7, 11) is 1.84. The van der Waals surface area contributed by atoms with Gasteiger partial charge in [-0.15, -0.1) is 0 Å². The molecular weight excluding hydrogens is 370 g/mol. The number of pyridine rings is 1. The number of hydrogen-bond donors (Lipinski definition) is 2. The van der Waals surface area contributed by atoms with Crippen LogP contribution in [0.25, 0.3) is 11.4 Å². The Kier molecular flexibility index (Phi) is 4.87. The van der Waals surface area contributed by atoms with Crippen molar-refractivity contribution in [1.82, 2.24) is 24.7 Å². The molecular formula is C20H23N7O2. The fourth-order valence-electron chi connectivity index (χ4n) is 3.51. The zero-order valence-corrected chi connectivity index (χ0v) is 16.6. The molecule has 0 bridgehead atoms. The smallest absolute Gasteiger partial charge is 0.251 e. The molecule has 3 aromatic heterocycles. The number of aromatic nitrogens is 5. The van der Waals surface area contributed by atoms with Crippen LogP contribution in [0.1, 0.15) is 24.7 Å². The third-order valence-corrected chi connectivity index (χ3v) is 4.98. The third-order valence-electron chi connectivity index (χ3n) is 4.98. The lowest BCUT2D eigenvalue weighted by atomic mass is 10.2. The molecule has 29 heavy (non-hydrogen) atoms. The first kappa shape index (κ1) is 18.9. The molecule has 4 heterocycles. The maximum atomic E-state index is 12.8. The molecule has 0 saturated carbocycles. The molecule has 4 rings (SSSR count). The van der Waals surface area contributed by atoms with Gasteiger partial charge in [-0.2, -0.15) is 5.10 Å². The Labute approximate surface area is 167 Å². The first-order chi connectivity index (χ1) is 13.9. The lowest BCUT2D eigenvalue weighted by molar-refractivity contribution is -0.117. The Hall–Kier alpha value is -3.49. The normalized spacial score (nSPS) is 16.4. The molecule has 0 aliphatic carbocycles. The number of aryl methyl sites for hydroxylation is 3. The molecule has 0 aromatic carbocycles. The second-order valence-corrected chi connectivity index (χ2v) is 7.11. The summed E-state index contributed by atoms with van der Waals surface area (Å²) < 4.78 is 1.72. The second-order valence-electron chi connectivity index (χ2n) is 7.11. The van der Waals surface area contributed by atoms with E-state index in [4.69, 9.17) is 0 Å². The summed E-state index contributed by atoms with van der Waals surface area (Å²) in [5.74, 6) is 1.89. The third kappa shape index (κ3) is 3.75. The van der Waals surface area contributed by atoms with Crippen LogP contribution in [0.15, 0.2) is 35.3 Å². The van der Waals surface area contributed by atoms with E-state index in [1.807, 2.05) is 33.0 Å². The van der Waals surface area contributed by atoms with Crippen molar-refractivity contribution >= 4 is 17.5 Å². The van der Waals surface area contributed by atoms with E-state index in [2.05, 4.69) is 25.4 Å². The number of carbonyl (C=O) groups excluding carboxylic acids is 1. The number of rotatable bonds is 5. The van der Waals surface area contributed by atoms with Gasteiger partial charge in [0.1, 0.15) is 23.5 Å². The number of H-pyrrole nitrogens is 1. The zero-order chi connectivity index (χ0) is 20.5. The fourth-order valence-corrected chi connectivity index (χ4v) is 3.51. The number of anilines is 2. The molecule has 0 radical (unpaired) electrons. The Morgan fingerprint density at radius 1 is 1.28 bits per heavy atom. The fraction of sp³-hybridized carbons (Fsp3) is 0.350. The molecule has 0 spiro atoms. The standard InChI is InChI=1S/C20H23N7O2/c1-4-14-10-17(28)24-19(22-14)13-5-6-16(21-11-13)23-15-7-8-27(20(15)29)18-9-12(2)25-26(18)3/h5-6,9-11,15H,4,7-8H2,1-3H3,(H,21,23)(H,22,24,28). The molecule has 1 atom stereocenters. The minimum absolute atomic E-state index is 0.000482. The lowest BCUT2D eigenvalue weighted by Crippen LogP contribution is -2.34. The van der Waals surface area contributed by atoms with E-state index >= 15 is 0 Å². The van der Waals surface area contributed by atoms with E-state index in [0.29, 0.717) is 36.6 Å². The highest BCUT2D eigenvalue weighted by Crippen LogP contribution is 2.24. The number of amides is 1. The van der Waals surface area contributed by atoms with Gasteiger partial charge in [0.2, 0.25) is 0 Å². The van der Waals surface area contributed by atoms with Crippen molar-refractivity contribution in [3.05, 3.63) is 52.2 Å². The molecule has 9 heteroatoms. The summed E-state index contributed by atoms with van der Waals surface area (Å²) in [5.41, 5.74) is 2.14. The number of carbonyl (C=O) groups is 1. The summed E-state index contributed by atoms with van der Waals surface area (Å²) in [4.78, 5) is 37.9. The molecule has 3 aromatic rings. The van der Waals surface area contributed by atoms with Gasteiger partial charge >= 0.3 is 0 Å². The van der Waals surface area contributed by atoms with Gasteiger partial charge in [-0.1, -0.05) is 6.92 Å². The molecule has 2 N–H and O–H groups in total.